The summed E-state index contributed by atoms with van der Waals surface area (Å²) in [6.45, 7) is 0. The first-order valence-electron chi connectivity index (χ1n) is 8.04. The molecule has 0 aliphatic carbocycles. The highest BCUT2D eigenvalue weighted by molar-refractivity contribution is 7.75. The summed E-state index contributed by atoms with van der Waals surface area (Å²) in [5, 5.41) is 1.42. The van der Waals surface area contributed by atoms with E-state index in [-0.39, 0.29) is 11.0 Å². The number of H-pyrrole nitrogens is 1. The fourth-order valence-corrected chi connectivity index (χ4v) is 5.23. The van der Waals surface area contributed by atoms with Crippen LogP contribution < -0.4 is 22.1 Å². The number of fused-ring (bicyclic) bond motifs is 1. The van der Waals surface area contributed by atoms with Crippen LogP contribution in [0.3, 0.4) is 0 Å². The number of nitrogens with two attached hydrogens (primary N) is 2. The highest BCUT2D eigenvalue weighted by Crippen LogP contribution is 2.47. The highest BCUT2D eigenvalue weighted by Gasteiger charge is 2.35. The number of nitrogens with zero attached hydrogens (tertiary/aromatic N) is 2. The number of aromatic amines is 1. The molecular formula is C18H17ClN5O3P. The number of aromatic nitrogens is 1. The molecule has 0 bridgehead atoms. The smallest absolute Gasteiger partial charge is 0.266 e. The van der Waals surface area contributed by atoms with Gasteiger partial charge in [-0.05, 0) is 36.4 Å². The van der Waals surface area contributed by atoms with Crippen LogP contribution in [-0.2, 0) is 9.09 Å². The summed E-state index contributed by atoms with van der Waals surface area (Å²) in [4.78, 5) is 22.8. The van der Waals surface area contributed by atoms with E-state index in [0.29, 0.717) is 26.9 Å². The number of primary amides is 1. The lowest BCUT2D eigenvalue weighted by atomic mass is 10.2. The number of amides is 1. The lowest BCUT2D eigenvalue weighted by molar-refractivity contribution is 0.0997. The van der Waals surface area contributed by atoms with E-state index in [9.17, 15) is 9.36 Å². The molecule has 3 aromatic rings. The van der Waals surface area contributed by atoms with Gasteiger partial charge in [0, 0.05) is 28.3 Å². The zero-order chi connectivity index (χ0) is 20.3. The summed E-state index contributed by atoms with van der Waals surface area (Å²) in [7, 11) is -2.40. The predicted octanol–water partition coefficient (Wildman–Crippen LogP) is 2.44. The van der Waals surface area contributed by atoms with Crippen LogP contribution in [0.2, 0.25) is 5.02 Å². The Bertz CT molecular complexity index is 1160. The van der Waals surface area contributed by atoms with E-state index in [1.807, 2.05) is 0 Å². The van der Waals surface area contributed by atoms with Gasteiger partial charge >= 0.3 is 0 Å². The summed E-state index contributed by atoms with van der Waals surface area (Å²) in [5.74, 6) is -0.758. The molecule has 8 nitrogen and oxygen atoms in total. The van der Waals surface area contributed by atoms with Crippen molar-refractivity contribution in [3.05, 3.63) is 53.2 Å². The van der Waals surface area contributed by atoms with Gasteiger partial charge in [-0.15, -0.1) is 0 Å². The molecule has 1 amide bonds. The van der Waals surface area contributed by atoms with Crippen molar-refractivity contribution >= 4 is 64.8 Å². The Morgan fingerprint density at radius 3 is 2.75 bits per heavy atom. The molecule has 0 saturated heterocycles. The summed E-state index contributed by atoms with van der Waals surface area (Å²) >= 11 is 6.11. The lowest BCUT2D eigenvalue weighted by Crippen LogP contribution is -2.25. The monoisotopic (exact) mass is 417 g/mol. The Hall–Kier alpha value is -2.93. The molecule has 144 valence electrons. The number of aliphatic imine (C=N–C) groups is 2. The van der Waals surface area contributed by atoms with Gasteiger partial charge in [-0.3, -0.25) is 9.36 Å². The van der Waals surface area contributed by atoms with Crippen LogP contribution in [0.5, 0.6) is 0 Å². The van der Waals surface area contributed by atoms with Crippen molar-refractivity contribution in [2.75, 3.05) is 7.11 Å². The molecule has 0 spiro atoms. The first-order valence-corrected chi connectivity index (χ1v) is 10.0. The second-order valence-corrected chi connectivity index (χ2v) is 8.57. The quantitative estimate of drug-likeness (QED) is 0.322. The van der Waals surface area contributed by atoms with Crippen LogP contribution in [0.15, 0.2) is 52.4 Å². The van der Waals surface area contributed by atoms with E-state index < -0.39 is 13.3 Å². The van der Waals surface area contributed by atoms with Crippen molar-refractivity contribution < 1.29 is 13.9 Å². The van der Waals surface area contributed by atoms with Gasteiger partial charge < -0.3 is 21.0 Å². The lowest BCUT2D eigenvalue weighted by Gasteiger charge is -2.18. The van der Waals surface area contributed by atoms with Gasteiger partial charge in [-0.25, -0.2) is 9.98 Å². The van der Waals surface area contributed by atoms with E-state index >= 15 is 0 Å². The molecule has 0 radical (unpaired) electrons. The standard InChI is InChI=1S/C18H17ClN5O3P/c1-27-28(26,13-4-2-3-12(8-13)23-10-22-9-20)17-14-7-11(19)5-6-15(14)24-16(17)18(21)25/h2-10,24H,1H3,(H2,21,25)(H2,20,22,23). The average molecular weight is 418 g/mol. The molecule has 5 N–H and O–H groups in total. The van der Waals surface area contributed by atoms with Crippen LogP contribution in [0.1, 0.15) is 10.5 Å². The van der Waals surface area contributed by atoms with Crippen molar-refractivity contribution in [1.82, 2.24) is 4.98 Å². The van der Waals surface area contributed by atoms with Crippen LogP contribution >= 0.6 is 19.0 Å². The molecule has 10 heteroatoms. The molecule has 1 atom stereocenters. The number of benzene rings is 2. The first-order chi connectivity index (χ1) is 13.4. The minimum atomic E-state index is -3.71. The Kier molecular flexibility index (Phi) is 5.65. The second kappa shape index (κ2) is 7.98. The second-order valence-electron chi connectivity index (χ2n) is 5.70. The summed E-state index contributed by atoms with van der Waals surface area (Å²) in [5.41, 5.74) is 11.8. The van der Waals surface area contributed by atoms with Gasteiger partial charge in [0.05, 0.1) is 17.3 Å². The molecule has 1 aromatic heterocycles. The number of nitrogens with one attached hydrogen (secondary N) is 1. The maximum absolute atomic E-state index is 14.0. The highest BCUT2D eigenvalue weighted by atomic mass is 35.5. The Morgan fingerprint density at radius 2 is 2.07 bits per heavy atom. The van der Waals surface area contributed by atoms with Gasteiger partial charge in [-0.2, -0.15) is 0 Å². The third-order valence-corrected chi connectivity index (χ3v) is 6.82. The molecule has 0 saturated carbocycles. The van der Waals surface area contributed by atoms with Gasteiger partial charge in [0.1, 0.15) is 12.0 Å². The SMILES string of the molecule is COP(=O)(c1cccc(N=CN=CN)c1)c1c(C(N)=O)[nH]c2ccc(Cl)cc12. The van der Waals surface area contributed by atoms with Crippen molar-refractivity contribution in [3.8, 4) is 0 Å². The number of carbonyl (C=O) groups is 1. The Labute approximate surface area is 165 Å². The molecule has 28 heavy (non-hydrogen) atoms. The van der Waals surface area contributed by atoms with Crippen LogP contribution in [0, 0.1) is 0 Å². The molecule has 3 rings (SSSR count). The molecule has 1 unspecified atom stereocenters. The normalized spacial score (nSPS) is 14.1. The third-order valence-electron chi connectivity index (χ3n) is 4.06. The van der Waals surface area contributed by atoms with E-state index in [2.05, 4.69) is 15.0 Å². The minimum absolute atomic E-state index is 0.00378. The zero-order valence-corrected chi connectivity index (χ0v) is 16.4. The number of halogens is 1. The molecule has 0 aliphatic rings. The topological polar surface area (TPSA) is 136 Å². The molecular weight excluding hydrogens is 401 g/mol. The van der Waals surface area contributed by atoms with Crippen LogP contribution in [0.25, 0.3) is 10.9 Å². The van der Waals surface area contributed by atoms with E-state index in [4.69, 9.17) is 27.6 Å². The third kappa shape index (κ3) is 3.57. The van der Waals surface area contributed by atoms with Gasteiger partial charge in [-0.1, -0.05) is 17.7 Å². The zero-order valence-electron chi connectivity index (χ0n) is 14.8. The average Bonchev–Trinajstić information content (AvgIpc) is 3.07. The van der Waals surface area contributed by atoms with Crippen molar-refractivity contribution in [3.63, 3.8) is 0 Å². The fourth-order valence-electron chi connectivity index (χ4n) is 2.85. The molecule has 1 heterocycles. The molecule has 0 aliphatic heterocycles. The number of carbonyl (C=O) groups excluding carboxylic acids is 1. The van der Waals surface area contributed by atoms with Crippen molar-refractivity contribution in [1.29, 1.82) is 0 Å². The summed E-state index contributed by atoms with van der Waals surface area (Å²) < 4.78 is 19.5. The maximum atomic E-state index is 14.0. The number of hydrogen-bond acceptors (Lipinski definition) is 4. The predicted molar refractivity (Wildman–Crippen MR) is 113 cm³/mol. The van der Waals surface area contributed by atoms with Crippen LogP contribution in [0.4, 0.5) is 5.69 Å². The van der Waals surface area contributed by atoms with Crippen LogP contribution in [-0.4, -0.2) is 30.7 Å². The van der Waals surface area contributed by atoms with Gasteiger partial charge in [0.15, 0.2) is 0 Å². The molecule has 2 aromatic carbocycles. The first kappa shape index (κ1) is 19.8. The fraction of sp³-hybridized carbons (Fsp3) is 0.0556. The number of rotatable bonds is 6. The van der Waals surface area contributed by atoms with E-state index in [1.54, 1.807) is 42.5 Å². The van der Waals surface area contributed by atoms with Crippen molar-refractivity contribution in [2.24, 2.45) is 21.5 Å². The minimum Gasteiger partial charge on any atom is -0.390 e. The van der Waals surface area contributed by atoms with Gasteiger partial charge in [0.2, 0.25) is 0 Å². The van der Waals surface area contributed by atoms with E-state index in [1.165, 1.54) is 13.4 Å². The van der Waals surface area contributed by atoms with Gasteiger partial charge in [0.25, 0.3) is 13.3 Å². The summed E-state index contributed by atoms with van der Waals surface area (Å²) in [6, 6.07) is 11.5. The maximum Gasteiger partial charge on any atom is 0.266 e. The Balaban J connectivity index is 2.27. The number of hydrogen-bond donors (Lipinski definition) is 3. The Morgan fingerprint density at radius 1 is 1.29 bits per heavy atom. The summed E-state index contributed by atoms with van der Waals surface area (Å²) in [6.07, 6.45) is 2.36. The van der Waals surface area contributed by atoms with Crippen molar-refractivity contribution in [2.45, 2.75) is 0 Å². The molecule has 0 fully saturated rings. The van der Waals surface area contributed by atoms with E-state index in [0.717, 1.165) is 6.34 Å². The largest absolute Gasteiger partial charge is 0.390 e.